The summed E-state index contributed by atoms with van der Waals surface area (Å²) in [4.78, 5) is 15.2. The number of hydrogen-bond donors (Lipinski definition) is 2. The number of carbonyl (C=O) groups is 1. The first-order valence-electron chi connectivity index (χ1n) is 4.36. The molecule has 1 aromatic heterocycles. The Labute approximate surface area is 86.3 Å². The summed E-state index contributed by atoms with van der Waals surface area (Å²) in [5.41, 5.74) is 0. The molecule has 78 valence electrons. The molecule has 0 fully saturated rings. The lowest BCUT2D eigenvalue weighted by Gasteiger charge is -2.02. The maximum Gasteiger partial charge on any atom is 0.226 e. The van der Waals surface area contributed by atoms with Crippen LogP contribution in [-0.2, 0) is 4.79 Å². The zero-order valence-corrected chi connectivity index (χ0v) is 8.97. The number of amides is 1. The number of anilines is 1. The largest absolute Gasteiger partial charge is 0.393 e. The topological polar surface area (TPSA) is 75.1 Å². The zero-order chi connectivity index (χ0) is 10.6. The van der Waals surface area contributed by atoms with E-state index in [9.17, 15) is 4.79 Å². The van der Waals surface area contributed by atoms with E-state index < -0.39 is 6.10 Å². The first kappa shape index (κ1) is 11.1. The van der Waals surface area contributed by atoms with E-state index >= 15 is 0 Å². The lowest BCUT2D eigenvalue weighted by molar-refractivity contribution is -0.116. The first-order valence-corrected chi connectivity index (χ1v) is 5.13. The second-order valence-electron chi connectivity index (χ2n) is 3.08. The first-order chi connectivity index (χ1) is 6.58. The van der Waals surface area contributed by atoms with Crippen LogP contribution in [-0.4, -0.2) is 26.5 Å². The van der Waals surface area contributed by atoms with E-state index in [0.29, 0.717) is 23.8 Å². The molecule has 0 aliphatic carbocycles. The van der Waals surface area contributed by atoms with Crippen molar-refractivity contribution in [2.45, 2.75) is 32.8 Å². The highest BCUT2D eigenvalue weighted by Crippen LogP contribution is 2.10. The molecule has 0 saturated heterocycles. The molecule has 1 atom stereocenters. The predicted molar refractivity (Wildman–Crippen MR) is 54.2 cm³/mol. The van der Waals surface area contributed by atoms with Crippen molar-refractivity contribution >= 4 is 22.6 Å². The second kappa shape index (κ2) is 5.02. The summed E-state index contributed by atoms with van der Waals surface area (Å²) >= 11 is 1.16. The minimum atomic E-state index is -0.447. The molecule has 2 N–H and O–H groups in total. The Bertz CT molecular complexity index is 311. The van der Waals surface area contributed by atoms with Crippen molar-refractivity contribution in [3.8, 4) is 0 Å². The van der Waals surface area contributed by atoms with Crippen molar-refractivity contribution in [1.82, 2.24) is 9.36 Å². The number of nitrogens with one attached hydrogen (secondary N) is 1. The van der Waals surface area contributed by atoms with Crippen molar-refractivity contribution in [1.29, 1.82) is 0 Å². The molecule has 1 unspecified atom stereocenters. The Morgan fingerprint density at radius 1 is 1.71 bits per heavy atom. The maximum atomic E-state index is 11.2. The lowest BCUT2D eigenvalue weighted by atomic mass is 10.2. The SMILES string of the molecule is Cc1nsc(NC(=O)CCC(C)O)n1. The van der Waals surface area contributed by atoms with Gasteiger partial charge >= 0.3 is 0 Å². The van der Waals surface area contributed by atoms with E-state index in [1.165, 1.54) is 0 Å². The summed E-state index contributed by atoms with van der Waals surface area (Å²) in [5, 5.41) is 12.1. The van der Waals surface area contributed by atoms with Gasteiger partial charge in [-0.15, -0.1) is 0 Å². The molecule has 1 amide bonds. The standard InChI is InChI=1S/C8H13N3O2S/c1-5(12)3-4-7(13)10-8-9-6(2)11-14-8/h5,12H,3-4H2,1-2H3,(H,9,10,11,13). The molecule has 1 aromatic rings. The fourth-order valence-electron chi connectivity index (χ4n) is 0.870. The van der Waals surface area contributed by atoms with Gasteiger partial charge in [-0.3, -0.25) is 4.79 Å². The summed E-state index contributed by atoms with van der Waals surface area (Å²) in [6.07, 6.45) is 0.316. The zero-order valence-electron chi connectivity index (χ0n) is 8.15. The van der Waals surface area contributed by atoms with Gasteiger partial charge in [0, 0.05) is 18.0 Å². The molecule has 14 heavy (non-hydrogen) atoms. The van der Waals surface area contributed by atoms with E-state index in [2.05, 4.69) is 14.7 Å². The van der Waals surface area contributed by atoms with Crippen LogP contribution < -0.4 is 5.32 Å². The van der Waals surface area contributed by atoms with Crippen LogP contribution in [0.1, 0.15) is 25.6 Å². The number of rotatable bonds is 4. The van der Waals surface area contributed by atoms with Gasteiger partial charge in [-0.05, 0) is 20.3 Å². The summed E-state index contributed by atoms with van der Waals surface area (Å²) < 4.78 is 3.93. The minimum Gasteiger partial charge on any atom is -0.393 e. The summed E-state index contributed by atoms with van der Waals surface area (Å²) in [7, 11) is 0. The molecule has 0 saturated carbocycles. The quantitative estimate of drug-likeness (QED) is 0.784. The number of nitrogens with zero attached hydrogens (tertiary/aromatic N) is 2. The summed E-state index contributed by atoms with van der Waals surface area (Å²) in [6, 6.07) is 0. The molecule has 1 rings (SSSR count). The van der Waals surface area contributed by atoms with Crippen molar-refractivity contribution < 1.29 is 9.90 Å². The van der Waals surface area contributed by atoms with Crippen LogP contribution in [0, 0.1) is 6.92 Å². The molecular weight excluding hydrogens is 202 g/mol. The third kappa shape index (κ3) is 3.80. The number of aliphatic hydroxyl groups is 1. The molecule has 0 bridgehead atoms. The van der Waals surface area contributed by atoms with Crippen LogP contribution in [0.15, 0.2) is 0 Å². The van der Waals surface area contributed by atoms with Crippen LogP contribution in [0.5, 0.6) is 0 Å². The molecule has 1 heterocycles. The van der Waals surface area contributed by atoms with Crippen LogP contribution >= 0.6 is 11.5 Å². The van der Waals surface area contributed by atoms with Crippen molar-refractivity contribution in [3.63, 3.8) is 0 Å². The molecule has 6 heteroatoms. The van der Waals surface area contributed by atoms with E-state index in [0.717, 1.165) is 11.5 Å². The fraction of sp³-hybridized carbons (Fsp3) is 0.625. The Morgan fingerprint density at radius 3 is 2.93 bits per heavy atom. The smallest absolute Gasteiger partial charge is 0.226 e. The van der Waals surface area contributed by atoms with Crippen molar-refractivity contribution in [3.05, 3.63) is 5.82 Å². The second-order valence-corrected chi connectivity index (χ2v) is 3.83. The van der Waals surface area contributed by atoms with Crippen LogP contribution in [0.25, 0.3) is 0 Å². The lowest BCUT2D eigenvalue weighted by Crippen LogP contribution is -2.13. The molecule has 0 aromatic carbocycles. The number of aliphatic hydroxyl groups excluding tert-OH is 1. The van der Waals surface area contributed by atoms with E-state index in [1.807, 2.05) is 0 Å². The normalized spacial score (nSPS) is 12.5. The van der Waals surface area contributed by atoms with Gasteiger partial charge in [-0.2, -0.15) is 4.37 Å². The average Bonchev–Trinajstić information content (AvgIpc) is 2.48. The Balaban J connectivity index is 2.34. The number of aryl methyl sites for hydroxylation is 1. The van der Waals surface area contributed by atoms with Gasteiger partial charge in [0.15, 0.2) is 0 Å². The van der Waals surface area contributed by atoms with Crippen LogP contribution in [0.4, 0.5) is 5.13 Å². The Kier molecular flexibility index (Phi) is 3.97. The van der Waals surface area contributed by atoms with E-state index in [4.69, 9.17) is 5.11 Å². The molecule has 5 nitrogen and oxygen atoms in total. The predicted octanol–water partition coefficient (Wildman–Crippen LogP) is 0.946. The van der Waals surface area contributed by atoms with Crippen molar-refractivity contribution in [2.24, 2.45) is 0 Å². The summed E-state index contributed by atoms with van der Waals surface area (Å²) in [6.45, 7) is 3.42. The average molecular weight is 215 g/mol. The van der Waals surface area contributed by atoms with Gasteiger partial charge in [0.2, 0.25) is 11.0 Å². The molecular formula is C8H13N3O2S. The third-order valence-electron chi connectivity index (χ3n) is 1.56. The minimum absolute atomic E-state index is 0.137. The van der Waals surface area contributed by atoms with Crippen molar-refractivity contribution in [2.75, 3.05) is 5.32 Å². The van der Waals surface area contributed by atoms with Crippen LogP contribution in [0.3, 0.4) is 0 Å². The Hall–Kier alpha value is -1.01. The van der Waals surface area contributed by atoms with Gasteiger partial charge in [0.1, 0.15) is 5.82 Å². The molecule has 0 aliphatic heterocycles. The maximum absolute atomic E-state index is 11.2. The molecule has 0 radical (unpaired) electrons. The van der Waals surface area contributed by atoms with E-state index in [-0.39, 0.29) is 5.91 Å². The van der Waals surface area contributed by atoms with Crippen LogP contribution in [0.2, 0.25) is 0 Å². The Morgan fingerprint density at radius 2 is 2.43 bits per heavy atom. The number of carbonyl (C=O) groups excluding carboxylic acids is 1. The number of aromatic nitrogens is 2. The highest BCUT2D eigenvalue weighted by Gasteiger charge is 2.07. The fourth-order valence-corrected chi connectivity index (χ4v) is 1.46. The third-order valence-corrected chi connectivity index (χ3v) is 2.28. The molecule has 0 aliphatic rings. The van der Waals surface area contributed by atoms with Gasteiger partial charge < -0.3 is 10.4 Å². The molecule has 0 spiro atoms. The van der Waals surface area contributed by atoms with Gasteiger partial charge in [0.25, 0.3) is 0 Å². The van der Waals surface area contributed by atoms with Gasteiger partial charge in [-0.25, -0.2) is 4.98 Å². The highest BCUT2D eigenvalue weighted by molar-refractivity contribution is 7.09. The van der Waals surface area contributed by atoms with Gasteiger partial charge in [-0.1, -0.05) is 0 Å². The van der Waals surface area contributed by atoms with Gasteiger partial charge in [0.05, 0.1) is 6.10 Å². The monoisotopic (exact) mass is 215 g/mol. The highest BCUT2D eigenvalue weighted by atomic mass is 32.1. The summed E-state index contributed by atoms with van der Waals surface area (Å²) in [5.74, 6) is 0.517. The van der Waals surface area contributed by atoms with E-state index in [1.54, 1.807) is 13.8 Å². The number of hydrogen-bond acceptors (Lipinski definition) is 5.